The number of esters is 1. The van der Waals surface area contributed by atoms with Crippen LogP contribution in [0.3, 0.4) is 0 Å². The summed E-state index contributed by atoms with van der Waals surface area (Å²) in [5.74, 6) is 2.04. The molecule has 4 fully saturated rings. The van der Waals surface area contributed by atoms with Crippen LogP contribution in [0.1, 0.15) is 113 Å². The van der Waals surface area contributed by atoms with Gasteiger partial charge in [-0.1, -0.05) is 53.2 Å². The molecule has 0 aromatic heterocycles. The first-order chi connectivity index (χ1) is 15.7. The Balaban J connectivity index is 1.56. The molecule has 5 aliphatic carbocycles. The van der Waals surface area contributed by atoms with Crippen molar-refractivity contribution in [1.82, 2.24) is 0 Å². The van der Waals surface area contributed by atoms with Crippen LogP contribution in [0.2, 0.25) is 0 Å². The number of allylic oxidation sites excluding steroid dienone is 2. The quantitative estimate of drug-likeness (QED) is 0.295. The molecule has 0 unspecified atom stereocenters. The number of methoxy groups -OCH3 is 1. The van der Waals surface area contributed by atoms with Gasteiger partial charge in [-0.25, -0.2) is 0 Å². The molecule has 34 heavy (non-hydrogen) atoms. The third kappa shape index (κ3) is 2.88. The monoisotopic (exact) mass is 468 g/mol. The summed E-state index contributed by atoms with van der Waals surface area (Å²) >= 11 is 0. The lowest BCUT2D eigenvalue weighted by atomic mass is 9.33. The van der Waals surface area contributed by atoms with Crippen molar-refractivity contribution in [3.05, 3.63) is 11.6 Å². The highest BCUT2D eigenvalue weighted by atomic mass is 16.5. The molecular weight excluding hydrogens is 420 g/mol. The number of fused-ring (bicyclic) bond motifs is 7. The second-order valence-electron chi connectivity index (χ2n) is 14.9. The van der Waals surface area contributed by atoms with Crippen molar-refractivity contribution in [2.24, 2.45) is 50.2 Å². The SMILES string of the molecule is COC(=O)[C@@]1(C)CC[C@@]2(C)CC[C@@]3(C)C(=CC[C@H]4[C@]5(C)CCC(=O)C(C)(C)[C@H]5CC[C@@]43C)[C@H]2C1. The van der Waals surface area contributed by atoms with E-state index in [1.54, 1.807) is 12.7 Å². The van der Waals surface area contributed by atoms with E-state index in [2.05, 4.69) is 54.5 Å². The highest BCUT2D eigenvalue weighted by molar-refractivity contribution is 5.85. The van der Waals surface area contributed by atoms with Crippen LogP contribution in [0.25, 0.3) is 0 Å². The average molecular weight is 469 g/mol. The van der Waals surface area contributed by atoms with E-state index >= 15 is 0 Å². The van der Waals surface area contributed by atoms with Crippen molar-refractivity contribution in [2.45, 2.75) is 113 Å². The van der Waals surface area contributed by atoms with Gasteiger partial charge in [0.05, 0.1) is 12.5 Å². The lowest BCUT2D eigenvalue weighted by molar-refractivity contribution is -0.185. The molecule has 0 aliphatic heterocycles. The molecule has 0 N–H and O–H groups in total. The van der Waals surface area contributed by atoms with Crippen molar-refractivity contribution in [2.75, 3.05) is 7.11 Å². The molecular formula is C31H48O3. The van der Waals surface area contributed by atoms with Crippen molar-refractivity contribution < 1.29 is 14.3 Å². The van der Waals surface area contributed by atoms with Gasteiger partial charge >= 0.3 is 5.97 Å². The fraction of sp³-hybridized carbons (Fsp3) is 0.871. The van der Waals surface area contributed by atoms with Crippen molar-refractivity contribution in [3.63, 3.8) is 0 Å². The Morgan fingerprint density at radius 2 is 1.59 bits per heavy atom. The number of Topliss-reactive ketones (excluding diaryl/α,β-unsaturated/α-hetero) is 1. The Hall–Kier alpha value is -1.12. The van der Waals surface area contributed by atoms with Gasteiger partial charge in [0.15, 0.2) is 0 Å². The van der Waals surface area contributed by atoms with E-state index in [0.29, 0.717) is 29.0 Å². The molecule has 5 aliphatic rings. The molecule has 0 saturated heterocycles. The van der Waals surface area contributed by atoms with Gasteiger partial charge in [-0.2, -0.15) is 0 Å². The van der Waals surface area contributed by atoms with E-state index < -0.39 is 0 Å². The molecule has 0 radical (unpaired) electrons. The molecule has 8 atom stereocenters. The van der Waals surface area contributed by atoms with Gasteiger partial charge in [0, 0.05) is 11.8 Å². The van der Waals surface area contributed by atoms with Gasteiger partial charge in [-0.3, -0.25) is 9.59 Å². The highest BCUT2D eigenvalue weighted by Gasteiger charge is 2.68. The van der Waals surface area contributed by atoms with Gasteiger partial charge in [-0.05, 0) is 104 Å². The first-order valence-corrected chi connectivity index (χ1v) is 14.0. The summed E-state index contributed by atoms with van der Waals surface area (Å²) in [6.07, 6.45) is 13.5. The van der Waals surface area contributed by atoms with Crippen molar-refractivity contribution in [3.8, 4) is 0 Å². The highest BCUT2D eigenvalue weighted by Crippen LogP contribution is 2.75. The van der Waals surface area contributed by atoms with Crippen LogP contribution < -0.4 is 0 Å². The van der Waals surface area contributed by atoms with E-state index in [-0.39, 0.29) is 33.0 Å². The lowest BCUT2D eigenvalue weighted by Crippen LogP contribution is -2.64. The van der Waals surface area contributed by atoms with E-state index in [4.69, 9.17) is 4.74 Å². The maximum Gasteiger partial charge on any atom is 0.311 e. The van der Waals surface area contributed by atoms with Crippen LogP contribution in [-0.2, 0) is 14.3 Å². The molecule has 0 amide bonds. The minimum atomic E-state index is -0.368. The molecule has 0 heterocycles. The molecule has 0 spiro atoms. The smallest absolute Gasteiger partial charge is 0.311 e. The molecule has 0 aromatic carbocycles. The van der Waals surface area contributed by atoms with E-state index in [1.807, 2.05) is 0 Å². The Morgan fingerprint density at radius 1 is 0.912 bits per heavy atom. The first-order valence-electron chi connectivity index (χ1n) is 14.0. The van der Waals surface area contributed by atoms with Crippen LogP contribution in [0.15, 0.2) is 11.6 Å². The standard InChI is InChI=1S/C31H48O3/c1-26(2)22-11-14-31(7)23(29(22,5)13-12-24(26)32)10-9-20-21-19-28(4,25(33)34-8)16-15-27(21,3)17-18-30(20,31)6/h9,21-23H,10-19H2,1-8H3/t21-,22-,23+,27+,28+,29-,30+,31+/m1/s1. The van der Waals surface area contributed by atoms with Crippen LogP contribution in [0.4, 0.5) is 0 Å². The van der Waals surface area contributed by atoms with Crippen LogP contribution >= 0.6 is 0 Å². The van der Waals surface area contributed by atoms with Gasteiger partial charge in [0.2, 0.25) is 0 Å². The zero-order valence-electron chi connectivity index (χ0n) is 23.1. The molecule has 3 nitrogen and oxygen atoms in total. The summed E-state index contributed by atoms with van der Waals surface area (Å²) < 4.78 is 5.29. The Kier molecular flexibility index (Phi) is 5.22. The number of carbonyl (C=O) groups excluding carboxylic acids is 2. The summed E-state index contributed by atoms with van der Waals surface area (Å²) in [6, 6.07) is 0. The summed E-state index contributed by atoms with van der Waals surface area (Å²) in [7, 11) is 1.55. The van der Waals surface area contributed by atoms with Gasteiger partial charge in [0.25, 0.3) is 0 Å². The van der Waals surface area contributed by atoms with Crippen LogP contribution in [-0.4, -0.2) is 18.9 Å². The zero-order chi connectivity index (χ0) is 24.9. The predicted octanol–water partition coefficient (Wildman–Crippen LogP) is 7.53. The van der Waals surface area contributed by atoms with E-state index in [1.165, 1.54) is 25.7 Å². The van der Waals surface area contributed by atoms with E-state index in [0.717, 1.165) is 38.5 Å². The summed E-state index contributed by atoms with van der Waals surface area (Å²) in [6.45, 7) is 16.8. The maximum atomic E-state index is 12.9. The Labute approximate surface area is 207 Å². The van der Waals surface area contributed by atoms with Gasteiger partial charge in [0.1, 0.15) is 5.78 Å². The third-order valence-electron chi connectivity index (χ3n) is 13.3. The number of ether oxygens (including phenoxy) is 1. The second-order valence-corrected chi connectivity index (χ2v) is 14.9. The van der Waals surface area contributed by atoms with Gasteiger partial charge < -0.3 is 4.74 Å². The van der Waals surface area contributed by atoms with Gasteiger partial charge in [-0.15, -0.1) is 0 Å². The Bertz CT molecular complexity index is 946. The molecule has 3 heteroatoms. The third-order valence-corrected chi connectivity index (χ3v) is 13.3. The molecule has 0 bridgehead atoms. The lowest BCUT2D eigenvalue weighted by Gasteiger charge is -2.70. The minimum absolute atomic E-state index is 0.0237. The maximum absolute atomic E-state index is 12.9. The normalized spacial score (nSPS) is 51.8. The molecule has 190 valence electrons. The van der Waals surface area contributed by atoms with Crippen molar-refractivity contribution >= 4 is 11.8 Å². The summed E-state index contributed by atoms with van der Waals surface area (Å²) in [4.78, 5) is 25.7. The van der Waals surface area contributed by atoms with Crippen molar-refractivity contribution in [1.29, 1.82) is 0 Å². The second kappa shape index (κ2) is 7.22. The van der Waals surface area contributed by atoms with E-state index in [9.17, 15) is 9.59 Å². The number of rotatable bonds is 1. The predicted molar refractivity (Wildman–Crippen MR) is 136 cm³/mol. The van der Waals surface area contributed by atoms with Crippen LogP contribution in [0.5, 0.6) is 0 Å². The number of carbonyl (C=O) groups is 2. The molecule has 4 saturated carbocycles. The minimum Gasteiger partial charge on any atom is -0.469 e. The first kappa shape index (κ1) is 24.6. The molecule has 5 rings (SSSR count). The zero-order valence-corrected chi connectivity index (χ0v) is 23.1. The largest absolute Gasteiger partial charge is 0.469 e. The summed E-state index contributed by atoms with van der Waals surface area (Å²) in [5, 5.41) is 0. The fourth-order valence-electron chi connectivity index (χ4n) is 10.6. The number of hydrogen-bond acceptors (Lipinski definition) is 3. The topological polar surface area (TPSA) is 43.4 Å². The van der Waals surface area contributed by atoms with Crippen LogP contribution in [0, 0.1) is 50.2 Å². The fourth-order valence-corrected chi connectivity index (χ4v) is 10.6. The summed E-state index contributed by atoms with van der Waals surface area (Å²) in [5.41, 5.74) is 2.05. The Morgan fingerprint density at radius 3 is 2.26 bits per heavy atom. The molecule has 0 aromatic rings. The number of ketones is 1. The average Bonchev–Trinajstić information content (AvgIpc) is 2.77. The number of hydrogen-bond donors (Lipinski definition) is 0.